The Morgan fingerprint density at radius 1 is 1.62 bits per heavy atom. The van der Waals surface area contributed by atoms with Crippen LogP contribution >= 0.6 is 0 Å². The minimum atomic E-state index is -0.770. The molecular formula is C10H17NO2. The molecule has 3 nitrogen and oxygen atoms in total. The molecule has 0 aromatic rings. The molecule has 74 valence electrons. The molecule has 0 atom stereocenters. The fraction of sp³-hybridized carbons (Fsp3) is 0.700. The average molecular weight is 183 g/mol. The van der Waals surface area contributed by atoms with Gasteiger partial charge >= 0.3 is 5.97 Å². The van der Waals surface area contributed by atoms with E-state index in [0.29, 0.717) is 5.57 Å². The van der Waals surface area contributed by atoms with Crippen LogP contribution in [-0.2, 0) is 4.79 Å². The maximum absolute atomic E-state index is 10.7. The second-order valence-electron chi connectivity index (χ2n) is 3.56. The second kappa shape index (κ2) is 4.42. The molecule has 1 fully saturated rings. The van der Waals surface area contributed by atoms with Gasteiger partial charge in [0.15, 0.2) is 0 Å². The first-order valence-corrected chi connectivity index (χ1v) is 4.79. The van der Waals surface area contributed by atoms with E-state index >= 15 is 0 Å². The van der Waals surface area contributed by atoms with Gasteiger partial charge in [-0.2, -0.15) is 0 Å². The van der Waals surface area contributed by atoms with Crippen LogP contribution in [0.25, 0.3) is 0 Å². The molecular weight excluding hydrogens is 166 g/mol. The summed E-state index contributed by atoms with van der Waals surface area (Å²) < 4.78 is 0. The van der Waals surface area contributed by atoms with E-state index in [0.717, 1.165) is 38.0 Å². The van der Waals surface area contributed by atoms with Crippen LogP contribution in [0.2, 0.25) is 0 Å². The van der Waals surface area contributed by atoms with Gasteiger partial charge in [0.05, 0.1) is 0 Å². The summed E-state index contributed by atoms with van der Waals surface area (Å²) in [4.78, 5) is 13.0. The first-order chi connectivity index (χ1) is 6.15. The molecule has 13 heavy (non-hydrogen) atoms. The summed E-state index contributed by atoms with van der Waals surface area (Å²) in [7, 11) is 0. The van der Waals surface area contributed by atoms with Crippen LogP contribution in [0.1, 0.15) is 26.7 Å². The maximum atomic E-state index is 10.7. The molecule has 0 saturated carbocycles. The van der Waals surface area contributed by atoms with Gasteiger partial charge in [-0.25, -0.2) is 4.79 Å². The summed E-state index contributed by atoms with van der Waals surface area (Å²) in [6.45, 7) is 6.80. The Kier molecular flexibility index (Phi) is 3.48. The van der Waals surface area contributed by atoms with Crippen LogP contribution < -0.4 is 0 Å². The standard InChI is InChI=1S/C10H17NO2/c1-3-5-11-6-4-9(7-11)8(2)10(12)13/h3-7H2,1-2H3,(H,12,13)/b9-8-. The van der Waals surface area contributed by atoms with Crippen molar-refractivity contribution < 1.29 is 9.90 Å². The smallest absolute Gasteiger partial charge is 0.331 e. The molecule has 0 aromatic carbocycles. The van der Waals surface area contributed by atoms with Gasteiger partial charge in [0, 0.05) is 18.7 Å². The fourth-order valence-electron chi connectivity index (χ4n) is 1.69. The molecule has 0 unspecified atom stereocenters. The first-order valence-electron chi connectivity index (χ1n) is 4.79. The Morgan fingerprint density at radius 2 is 2.31 bits per heavy atom. The summed E-state index contributed by atoms with van der Waals surface area (Å²) in [5.41, 5.74) is 1.64. The van der Waals surface area contributed by atoms with Crippen LogP contribution in [0, 0.1) is 0 Å². The van der Waals surface area contributed by atoms with Gasteiger partial charge in [0.2, 0.25) is 0 Å². The Bertz CT molecular complexity index is 233. The number of rotatable bonds is 3. The van der Waals surface area contributed by atoms with Crippen molar-refractivity contribution in [1.29, 1.82) is 0 Å². The summed E-state index contributed by atoms with van der Waals surface area (Å²) in [5.74, 6) is -0.770. The van der Waals surface area contributed by atoms with Crippen LogP contribution in [-0.4, -0.2) is 35.6 Å². The van der Waals surface area contributed by atoms with Crippen molar-refractivity contribution in [2.75, 3.05) is 19.6 Å². The largest absolute Gasteiger partial charge is 0.478 e. The lowest BCUT2D eigenvalue weighted by Gasteiger charge is -2.11. The van der Waals surface area contributed by atoms with Gasteiger partial charge in [0.25, 0.3) is 0 Å². The van der Waals surface area contributed by atoms with E-state index in [2.05, 4.69) is 11.8 Å². The van der Waals surface area contributed by atoms with Crippen molar-refractivity contribution in [3.63, 3.8) is 0 Å². The van der Waals surface area contributed by atoms with Crippen LogP contribution in [0.5, 0.6) is 0 Å². The highest BCUT2D eigenvalue weighted by atomic mass is 16.4. The molecule has 1 aliphatic heterocycles. The highest BCUT2D eigenvalue weighted by molar-refractivity contribution is 5.86. The summed E-state index contributed by atoms with van der Waals surface area (Å²) >= 11 is 0. The van der Waals surface area contributed by atoms with Crippen molar-refractivity contribution in [3.05, 3.63) is 11.1 Å². The number of carbonyl (C=O) groups is 1. The molecule has 0 amide bonds. The third kappa shape index (κ3) is 2.56. The summed E-state index contributed by atoms with van der Waals surface area (Å²) in [6.07, 6.45) is 2.07. The number of carboxylic acid groups (broad SMARTS) is 1. The second-order valence-corrected chi connectivity index (χ2v) is 3.56. The lowest BCUT2D eigenvalue weighted by Crippen LogP contribution is -2.20. The van der Waals surface area contributed by atoms with Crippen molar-refractivity contribution in [1.82, 2.24) is 4.90 Å². The van der Waals surface area contributed by atoms with E-state index in [9.17, 15) is 4.79 Å². The van der Waals surface area contributed by atoms with E-state index < -0.39 is 5.97 Å². The molecule has 3 heteroatoms. The fourth-order valence-corrected chi connectivity index (χ4v) is 1.69. The van der Waals surface area contributed by atoms with Gasteiger partial charge in [0.1, 0.15) is 0 Å². The van der Waals surface area contributed by atoms with Crippen LogP contribution in [0.3, 0.4) is 0 Å². The average Bonchev–Trinajstić information content (AvgIpc) is 2.52. The monoisotopic (exact) mass is 183 g/mol. The van der Waals surface area contributed by atoms with E-state index in [-0.39, 0.29) is 0 Å². The van der Waals surface area contributed by atoms with Crippen molar-refractivity contribution in [3.8, 4) is 0 Å². The lowest BCUT2D eigenvalue weighted by atomic mass is 10.1. The third-order valence-electron chi connectivity index (χ3n) is 2.54. The number of carboxylic acids is 1. The quantitative estimate of drug-likeness (QED) is 0.674. The predicted molar refractivity (Wildman–Crippen MR) is 51.7 cm³/mol. The Balaban J connectivity index is 2.58. The third-order valence-corrected chi connectivity index (χ3v) is 2.54. The molecule has 0 bridgehead atoms. The van der Waals surface area contributed by atoms with E-state index in [1.807, 2.05) is 0 Å². The summed E-state index contributed by atoms with van der Waals surface area (Å²) in [6, 6.07) is 0. The zero-order valence-corrected chi connectivity index (χ0v) is 8.34. The molecule has 1 heterocycles. The van der Waals surface area contributed by atoms with E-state index in [1.54, 1.807) is 6.92 Å². The SMILES string of the molecule is CCCN1CC/C(=C(\C)C(=O)O)C1. The zero-order chi connectivity index (χ0) is 9.84. The normalized spacial score (nSPS) is 22.0. The Labute approximate surface area is 79.0 Å². The van der Waals surface area contributed by atoms with Crippen LogP contribution in [0.4, 0.5) is 0 Å². The number of nitrogens with zero attached hydrogens (tertiary/aromatic N) is 1. The Hall–Kier alpha value is -0.830. The van der Waals surface area contributed by atoms with Crippen molar-refractivity contribution in [2.45, 2.75) is 26.7 Å². The van der Waals surface area contributed by atoms with Gasteiger partial charge in [-0.05, 0) is 31.9 Å². The molecule has 0 aliphatic carbocycles. The summed E-state index contributed by atoms with van der Waals surface area (Å²) in [5, 5.41) is 8.78. The molecule has 0 aromatic heterocycles. The molecule has 1 rings (SSSR count). The number of likely N-dealkylation sites (tertiary alicyclic amines) is 1. The maximum Gasteiger partial charge on any atom is 0.331 e. The molecule has 1 aliphatic rings. The molecule has 0 radical (unpaired) electrons. The highest BCUT2D eigenvalue weighted by Gasteiger charge is 2.19. The van der Waals surface area contributed by atoms with Gasteiger partial charge < -0.3 is 5.11 Å². The Morgan fingerprint density at radius 3 is 2.85 bits per heavy atom. The number of hydrogen-bond donors (Lipinski definition) is 1. The molecule has 1 N–H and O–H groups in total. The number of hydrogen-bond acceptors (Lipinski definition) is 2. The topological polar surface area (TPSA) is 40.5 Å². The molecule has 1 saturated heterocycles. The minimum absolute atomic E-state index is 0.540. The highest BCUT2D eigenvalue weighted by Crippen LogP contribution is 2.18. The first kappa shape index (κ1) is 10.3. The molecule has 0 spiro atoms. The van der Waals surface area contributed by atoms with Crippen molar-refractivity contribution in [2.24, 2.45) is 0 Å². The number of aliphatic carboxylic acids is 1. The lowest BCUT2D eigenvalue weighted by molar-refractivity contribution is -0.132. The van der Waals surface area contributed by atoms with Crippen LogP contribution in [0.15, 0.2) is 11.1 Å². The minimum Gasteiger partial charge on any atom is -0.478 e. The van der Waals surface area contributed by atoms with E-state index in [4.69, 9.17) is 5.11 Å². The van der Waals surface area contributed by atoms with Gasteiger partial charge in [-0.15, -0.1) is 0 Å². The van der Waals surface area contributed by atoms with E-state index in [1.165, 1.54) is 0 Å². The van der Waals surface area contributed by atoms with Gasteiger partial charge in [-0.3, -0.25) is 4.90 Å². The zero-order valence-electron chi connectivity index (χ0n) is 8.34. The van der Waals surface area contributed by atoms with Crippen molar-refractivity contribution >= 4 is 5.97 Å². The predicted octanol–water partition coefficient (Wildman–Crippen LogP) is 1.50. The van der Waals surface area contributed by atoms with Gasteiger partial charge in [-0.1, -0.05) is 6.92 Å².